The predicted molar refractivity (Wildman–Crippen MR) is 69.6 cm³/mol. The van der Waals surface area contributed by atoms with Gasteiger partial charge in [-0.15, -0.1) is 0 Å². The molecule has 0 saturated carbocycles. The summed E-state index contributed by atoms with van der Waals surface area (Å²) < 4.78 is 15.4. The molecule has 0 bridgehead atoms. The predicted octanol–water partition coefficient (Wildman–Crippen LogP) is 2.70. The van der Waals surface area contributed by atoms with Gasteiger partial charge in [0.2, 0.25) is 0 Å². The van der Waals surface area contributed by atoms with Crippen LogP contribution >= 0.6 is 0 Å². The molecule has 4 heteroatoms. The van der Waals surface area contributed by atoms with E-state index < -0.39 is 0 Å². The standard InChI is InChI=1S/C14H20O4/c1-10(16-2)5-8-13(15)12-7-6-11(17-3)9-14(12)18-4/h6-7,9-10H,5,8H2,1-4H3. The Labute approximate surface area is 108 Å². The van der Waals surface area contributed by atoms with Crippen molar-refractivity contribution in [2.24, 2.45) is 0 Å². The van der Waals surface area contributed by atoms with E-state index in [0.717, 1.165) is 0 Å². The first-order valence-corrected chi connectivity index (χ1v) is 5.90. The fourth-order valence-electron chi connectivity index (χ4n) is 1.62. The summed E-state index contributed by atoms with van der Waals surface area (Å²) in [6.07, 6.45) is 1.22. The van der Waals surface area contributed by atoms with Gasteiger partial charge >= 0.3 is 0 Å². The number of methoxy groups -OCH3 is 3. The molecule has 0 spiro atoms. The van der Waals surface area contributed by atoms with Crippen LogP contribution in [-0.4, -0.2) is 33.2 Å². The van der Waals surface area contributed by atoms with Crippen LogP contribution in [0.1, 0.15) is 30.1 Å². The number of hydrogen-bond acceptors (Lipinski definition) is 4. The molecule has 0 aliphatic heterocycles. The number of ether oxygens (including phenoxy) is 3. The molecule has 0 N–H and O–H groups in total. The molecule has 0 radical (unpaired) electrons. The van der Waals surface area contributed by atoms with Crippen molar-refractivity contribution in [1.82, 2.24) is 0 Å². The molecule has 1 rings (SSSR count). The zero-order chi connectivity index (χ0) is 13.5. The van der Waals surface area contributed by atoms with Crippen LogP contribution in [0.15, 0.2) is 18.2 Å². The molecule has 1 aromatic rings. The lowest BCUT2D eigenvalue weighted by Crippen LogP contribution is -2.09. The molecular weight excluding hydrogens is 232 g/mol. The summed E-state index contributed by atoms with van der Waals surface area (Å²) >= 11 is 0. The molecule has 0 aliphatic carbocycles. The molecule has 0 fully saturated rings. The molecule has 0 amide bonds. The molecule has 0 aromatic heterocycles. The number of hydrogen-bond donors (Lipinski definition) is 0. The summed E-state index contributed by atoms with van der Waals surface area (Å²) in [7, 11) is 4.77. The fraction of sp³-hybridized carbons (Fsp3) is 0.500. The maximum Gasteiger partial charge on any atom is 0.166 e. The first-order chi connectivity index (χ1) is 8.62. The van der Waals surface area contributed by atoms with Crippen molar-refractivity contribution in [3.63, 3.8) is 0 Å². The fourth-order valence-corrected chi connectivity index (χ4v) is 1.62. The van der Waals surface area contributed by atoms with Crippen molar-refractivity contribution < 1.29 is 19.0 Å². The molecule has 0 heterocycles. The van der Waals surface area contributed by atoms with Crippen molar-refractivity contribution in [2.75, 3.05) is 21.3 Å². The first-order valence-electron chi connectivity index (χ1n) is 5.90. The molecule has 100 valence electrons. The van der Waals surface area contributed by atoms with Gasteiger partial charge in [0.1, 0.15) is 11.5 Å². The summed E-state index contributed by atoms with van der Waals surface area (Å²) in [5.41, 5.74) is 0.585. The SMILES string of the molecule is COc1ccc(C(=O)CCC(C)OC)c(OC)c1. The second kappa shape index (κ2) is 7.01. The lowest BCUT2D eigenvalue weighted by molar-refractivity contribution is 0.0875. The Balaban J connectivity index is 2.78. The van der Waals surface area contributed by atoms with Gasteiger partial charge in [-0.1, -0.05) is 0 Å². The lowest BCUT2D eigenvalue weighted by Gasteiger charge is -2.11. The summed E-state index contributed by atoms with van der Waals surface area (Å²) in [6, 6.07) is 5.21. The van der Waals surface area contributed by atoms with Crippen LogP contribution < -0.4 is 9.47 Å². The smallest absolute Gasteiger partial charge is 0.166 e. The van der Waals surface area contributed by atoms with Crippen LogP contribution in [0.2, 0.25) is 0 Å². The Morgan fingerprint density at radius 3 is 2.50 bits per heavy atom. The highest BCUT2D eigenvalue weighted by Crippen LogP contribution is 2.26. The monoisotopic (exact) mass is 252 g/mol. The summed E-state index contributed by atoms with van der Waals surface area (Å²) in [5.74, 6) is 1.27. The highest BCUT2D eigenvalue weighted by molar-refractivity contribution is 5.98. The van der Waals surface area contributed by atoms with Gasteiger partial charge in [-0.2, -0.15) is 0 Å². The van der Waals surface area contributed by atoms with E-state index in [0.29, 0.717) is 29.9 Å². The van der Waals surface area contributed by atoms with E-state index in [1.165, 1.54) is 0 Å². The van der Waals surface area contributed by atoms with Crippen molar-refractivity contribution in [1.29, 1.82) is 0 Å². The van der Waals surface area contributed by atoms with Gasteiger partial charge in [-0.05, 0) is 25.5 Å². The van der Waals surface area contributed by atoms with E-state index in [9.17, 15) is 4.79 Å². The molecule has 1 unspecified atom stereocenters. The van der Waals surface area contributed by atoms with Gasteiger partial charge in [0, 0.05) is 19.6 Å². The van der Waals surface area contributed by atoms with E-state index in [-0.39, 0.29) is 11.9 Å². The number of rotatable bonds is 7. The highest BCUT2D eigenvalue weighted by Gasteiger charge is 2.14. The molecule has 18 heavy (non-hydrogen) atoms. The number of carbonyl (C=O) groups excluding carboxylic acids is 1. The maximum atomic E-state index is 12.1. The Kier molecular flexibility index (Phi) is 5.65. The largest absolute Gasteiger partial charge is 0.497 e. The Morgan fingerprint density at radius 2 is 1.94 bits per heavy atom. The number of ketones is 1. The third-order valence-corrected chi connectivity index (χ3v) is 2.89. The van der Waals surface area contributed by atoms with Crippen LogP contribution in [0.3, 0.4) is 0 Å². The van der Waals surface area contributed by atoms with Gasteiger partial charge in [-0.25, -0.2) is 0 Å². The maximum absolute atomic E-state index is 12.1. The second-order valence-corrected chi connectivity index (χ2v) is 4.07. The van der Waals surface area contributed by atoms with E-state index in [1.54, 1.807) is 39.5 Å². The average Bonchev–Trinajstić information content (AvgIpc) is 2.43. The van der Waals surface area contributed by atoms with Gasteiger partial charge in [0.15, 0.2) is 5.78 Å². The van der Waals surface area contributed by atoms with Crippen LogP contribution in [0.25, 0.3) is 0 Å². The Bertz CT molecular complexity index is 401. The third-order valence-electron chi connectivity index (χ3n) is 2.89. The first kappa shape index (κ1) is 14.5. The normalized spacial score (nSPS) is 12.0. The highest BCUT2D eigenvalue weighted by atomic mass is 16.5. The number of benzene rings is 1. The van der Waals surface area contributed by atoms with Gasteiger partial charge in [0.25, 0.3) is 0 Å². The molecule has 0 saturated heterocycles. The summed E-state index contributed by atoms with van der Waals surface area (Å²) in [5, 5.41) is 0. The minimum absolute atomic E-state index is 0.0541. The van der Waals surface area contributed by atoms with Crippen LogP contribution in [0.4, 0.5) is 0 Å². The van der Waals surface area contributed by atoms with Crippen molar-refractivity contribution in [3.05, 3.63) is 23.8 Å². The second-order valence-electron chi connectivity index (χ2n) is 4.07. The zero-order valence-corrected chi connectivity index (χ0v) is 11.4. The molecule has 1 atom stereocenters. The van der Waals surface area contributed by atoms with E-state index in [4.69, 9.17) is 14.2 Å². The quantitative estimate of drug-likeness (QED) is 0.700. The Morgan fingerprint density at radius 1 is 1.22 bits per heavy atom. The van der Waals surface area contributed by atoms with Crippen LogP contribution in [0, 0.1) is 0 Å². The molecule has 0 aliphatic rings. The minimum atomic E-state index is 0.0541. The number of Topliss-reactive ketones (excluding diaryl/α,β-unsaturated/α-hetero) is 1. The van der Waals surface area contributed by atoms with Crippen molar-refractivity contribution in [3.8, 4) is 11.5 Å². The van der Waals surface area contributed by atoms with Gasteiger partial charge in [0.05, 0.1) is 25.9 Å². The number of carbonyl (C=O) groups is 1. The summed E-state index contributed by atoms with van der Waals surface area (Å²) in [4.78, 5) is 12.1. The lowest BCUT2D eigenvalue weighted by atomic mass is 10.0. The summed E-state index contributed by atoms with van der Waals surface area (Å²) in [6.45, 7) is 1.94. The van der Waals surface area contributed by atoms with E-state index in [2.05, 4.69) is 0 Å². The molecule has 4 nitrogen and oxygen atoms in total. The van der Waals surface area contributed by atoms with Crippen molar-refractivity contribution in [2.45, 2.75) is 25.9 Å². The van der Waals surface area contributed by atoms with Gasteiger partial charge < -0.3 is 14.2 Å². The zero-order valence-electron chi connectivity index (χ0n) is 11.4. The van der Waals surface area contributed by atoms with E-state index >= 15 is 0 Å². The topological polar surface area (TPSA) is 44.8 Å². The van der Waals surface area contributed by atoms with Crippen LogP contribution in [-0.2, 0) is 4.74 Å². The molecular formula is C14H20O4. The Hall–Kier alpha value is -1.55. The molecule has 1 aromatic carbocycles. The average molecular weight is 252 g/mol. The minimum Gasteiger partial charge on any atom is -0.497 e. The van der Waals surface area contributed by atoms with E-state index in [1.807, 2.05) is 6.92 Å². The third kappa shape index (κ3) is 3.74. The van der Waals surface area contributed by atoms with Gasteiger partial charge in [-0.3, -0.25) is 4.79 Å². The van der Waals surface area contributed by atoms with Crippen molar-refractivity contribution >= 4 is 5.78 Å². The van der Waals surface area contributed by atoms with Crippen LogP contribution in [0.5, 0.6) is 11.5 Å².